The Labute approximate surface area is 131 Å². The molecule has 0 heterocycles. The third-order valence-electron chi connectivity index (χ3n) is 2.75. The SMILES string of the molecule is N#Cc1ccccc1COc1c(Cl)cc(Cl)cc1C(=O)O. The second-order valence-corrected chi connectivity index (χ2v) is 4.97. The number of nitrogens with zero attached hydrogens (tertiary/aromatic N) is 1. The molecule has 2 aromatic rings. The van der Waals surface area contributed by atoms with Crippen LogP contribution in [0.15, 0.2) is 36.4 Å². The normalized spacial score (nSPS) is 9.95. The molecule has 1 N–H and O–H groups in total. The molecule has 0 amide bonds. The van der Waals surface area contributed by atoms with Gasteiger partial charge >= 0.3 is 5.97 Å². The van der Waals surface area contributed by atoms with E-state index in [1.165, 1.54) is 12.1 Å². The van der Waals surface area contributed by atoms with Crippen molar-refractivity contribution in [3.8, 4) is 11.8 Å². The van der Waals surface area contributed by atoms with Crippen LogP contribution in [0.25, 0.3) is 0 Å². The predicted octanol–water partition coefficient (Wildman–Crippen LogP) is 4.14. The fraction of sp³-hybridized carbons (Fsp3) is 0.0667. The molecule has 106 valence electrons. The van der Waals surface area contributed by atoms with Crippen molar-refractivity contribution in [2.24, 2.45) is 0 Å². The van der Waals surface area contributed by atoms with E-state index in [-0.39, 0.29) is 28.0 Å². The molecule has 0 spiro atoms. The number of carboxylic acid groups (broad SMARTS) is 1. The van der Waals surface area contributed by atoms with Gasteiger partial charge in [0.2, 0.25) is 0 Å². The Bertz CT molecular complexity index is 738. The standard InChI is InChI=1S/C15H9Cl2NO3/c16-11-5-12(15(19)20)14(13(17)6-11)21-8-10-4-2-1-3-9(10)7-18/h1-6H,8H2,(H,19,20). The number of benzene rings is 2. The number of carboxylic acids is 1. The lowest BCUT2D eigenvalue weighted by atomic mass is 10.1. The number of hydrogen-bond donors (Lipinski definition) is 1. The third-order valence-corrected chi connectivity index (χ3v) is 3.25. The zero-order valence-corrected chi connectivity index (χ0v) is 12.1. The first-order valence-corrected chi connectivity index (χ1v) is 6.61. The monoisotopic (exact) mass is 321 g/mol. The van der Waals surface area contributed by atoms with E-state index in [1.54, 1.807) is 24.3 Å². The molecule has 21 heavy (non-hydrogen) atoms. The van der Waals surface area contributed by atoms with E-state index in [4.69, 9.17) is 38.3 Å². The molecule has 0 bridgehead atoms. The predicted molar refractivity (Wildman–Crippen MR) is 78.9 cm³/mol. The van der Waals surface area contributed by atoms with Crippen molar-refractivity contribution in [3.05, 3.63) is 63.1 Å². The molecule has 4 nitrogen and oxygen atoms in total. The van der Waals surface area contributed by atoms with Crippen molar-refractivity contribution < 1.29 is 14.6 Å². The summed E-state index contributed by atoms with van der Waals surface area (Å²) in [6.45, 7) is 0.0331. The maximum atomic E-state index is 11.2. The first-order chi connectivity index (χ1) is 10.0. The van der Waals surface area contributed by atoms with Crippen LogP contribution in [0.1, 0.15) is 21.5 Å². The van der Waals surface area contributed by atoms with Gasteiger partial charge in [-0.1, -0.05) is 41.4 Å². The van der Waals surface area contributed by atoms with Gasteiger partial charge in [-0.15, -0.1) is 0 Å². The van der Waals surface area contributed by atoms with Crippen LogP contribution < -0.4 is 4.74 Å². The van der Waals surface area contributed by atoms with Crippen molar-refractivity contribution in [2.45, 2.75) is 6.61 Å². The first-order valence-electron chi connectivity index (χ1n) is 5.86. The molecule has 0 atom stereocenters. The number of hydrogen-bond acceptors (Lipinski definition) is 3. The Morgan fingerprint density at radius 1 is 1.29 bits per heavy atom. The quantitative estimate of drug-likeness (QED) is 0.918. The lowest BCUT2D eigenvalue weighted by Crippen LogP contribution is -2.05. The molecule has 6 heteroatoms. The van der Waals surface area contributed by atoms with Gasteiger partial charge in [-0.3, -0.25) is 0 Å². The highest BCUT2D eigenvalue weighted by Crippen LogP contribution is 2.33. The average molecular weight is 322 g/mol. The van der Waals surface area contributed by atoms with Crippen molar-refractivity contribution >= 4 is 29.2 Å². The maximum Gasteiger partial charge on any atom is 0.339 e. The third kappa shape index (κ3) is 3.46. The van der Waals surface area contributed by atoms with Gasteiger partial charge in [0.05, 0.1) is 16.7 Å². The van der Waals surface area contributed by atoms with Gasteiger partial charge in [0.15, 0.2) is 5.75 Å². The molecule has 0 saturated carbocycles. The molecule has 2 rings (SSSR count). The van der Waals surface area contributed by atoms with Crippen LogP contribution >= 0.6 is 23.2 Å². The van der Waals surface area contributed by atoms with Gasteiger partial charge in [-0.05, 0) is 18.2 Å². The second kappa shape index (κ2) is 6.49. The Kier molecular flexibility index (Phi) is 4.69. The van der Waals surface area contributed by atoms with Crippen LogP contribution in [0.4, 0.5) is 0 Å². The maximum absolute atomic E-state index is 11.2. The molecule has 2 aromatic carbocycles. The highest BCUT2D eigenvalue weighted by Gasteiger charge is 2.17. The first kappa shape index (κ1) is 15.2. The number of nitriles is 1. The number of halogens is 2. The molecule has 0 unspecified atom stereocenters. The summed E-state index contributed by atoms with van der Waals surface area (Å²) in [6.07, 6.45) is 0. The van der Waals surface area contributed by atoms with Gasteiger partial charge in [-0.2, -0.15) is 5.26 Å². The van der Waals surface area contributed by atoms with Gasteiger partial charge in [0.1, 0.15) is 12.2 Å². The Hall–Kier alpha value is -2.22. The Morgan fingerprint density at radius 3 is 2.67 bits per heavy atom. The van der Waals surface area contributed by atoms with Gasteiger partial charge in [0.25, 0.3) is 0 Å². The Morgan fingerprint density at radius 2 is 2.00 bits per heavy atom. The molecular formula is C15H9Cl2NO3. The number of ether oxygens (including phenoxy) is 1. The van der Waals surface area contributed by atoms with Gasteiger partial charge < -0.3 is 9.84 Å². The molecule has 0 aliphatic heterocycles. The average Bonchev–Trinajstić information content (AvgIpc) is 2.45. The highest BCUT2D eigenvalue weighted by atomic mass is 35.5. The van der Waals surface area contributed by atoms with E-state index in [2.05, 4.69) is 0 Å². The summed E-state index contributed by atoms with van der Waals surface area (Å²) >= 11 is 11.8. The summed E-state index contributed by atoms with van der Waals surface area (Å²) in [4.78, 5) is 11.2. The minimum Gasteiger partial charge on any atom is -0.486 e. The van der Waals surface area contributed by atoms with E-state index < -0.39 is 5.97 Å². The summed E-state index contributed by atoms with van der Waals surface area (Å²) < 4.78 is 5.49. The number of carbonyl (C=O) groups is 1. The lowest BCUT2D eigenvalue weighted by molar-refractivity contribution is 0.0691. The minimum absolute atomic E-state index is 0.0290. The molecule has 0 aliphatic rings. The summed E-state index contributed by atoms with van der Waals surface area (Å²) in [5.74, 6) is -1.16. The van der Waals surface area contributed by atoms with Crippen LogP contribution in [0.5, 0.6) is 5.75 Å². The van der Waals surface area contributed by atoms with Gasteiger partial charge in [0, 0.05) is 10.6 Å². The van der Waals surface area contributed by atoms with Crippen LogP contribution in [0, 0.1) is 11.3 Å². The van der Waals surface area contributed by atoms with Crippen molar-refractivity contribution in [1.82, 2.24) is 0 Å². The van der Waals surface area contributed by atoms with E-state index in [9.17, 15) is 4.79 Å². The summed E-state index contributed by atoms with van der Waals surface area (Å²) in [6, 6.07) is 11.6. The van der Waals surface area contributed by atoms with Crippen molar-refractivity contribution in [2.75, 3.05) is 0 Å². The summed E-state index contributed by atoms with van der Waals surface area (Å²) in [5.41, 5.74) is 0.976. The van der Waals surface area contributed by atoms with Crippen molar-refractivity contribution in [3.63, 3.8) is 0 Å². The number of aromatic carboxylic acids is 1. The van der Waals surface area contributed by atoms with Crippen LogP contribution in [-0.4, -0.2) is 11.1 Å². The summed E-state index contributed by atoms with van der Waals surface area (Å²) in [7, 11) is 0. The molecule has 0 aromatic heterocycles. The highest BCUT2D eigenvalue weighted by molar-refractivity contribution is 6.36. The fourth-order valence-corrected chi connectivity index (χ4v) is 2.32. The van der Waals surface area contributed by atoms with Crippen molar-refractivity contribution in [1.29, 1.82) is 5.26 Å². The van der Waals surface area contributed by atoms with E-state index >= 15 is 0 Å². The van der Waals surface area contributed by atoms with Crippen LogP contribution in [0.3, 0.4) is 0 Å². The smallest absolute Gasteiger partial charge is 0.339 e. The van der Waals surface area contributed by atoms with Gasteiger partial charge in [-0.25, -0.2) is 4.79 Å². The van der Waals surface area contributed by atoms with E-state index in [0.29, 0.717) is 11.1 Å². The zero-order valence-electron chi connectivity index (χ0n) is 10.6. The second-order valence-electron chi connectivity index (χ2n) is 4.13. The molecule has 0 radical (unpaired) electrons. The van der Waals surface area contributed by atoms with Crippen LogP contribution in [0.2, 0.25) is 10.0 Å². The van der Waals surface area contributed by atoms with E-state index in [1.807, 2.05) is 6.07 Å². The zero-order chi connectivity index (χ0) is 15.4. The lowest BCUT2D eigenvalue weighted by Gasteiger charge is -2.12. The molecular weight excluding hydrogens is 313 g/mol. The van der Waals surface area contributed by atoms with Crippen LogP contribution in [-0.2, 0) is 6.61 Å². The molecule has 0 fully saturated rings. The molecule has 0 saturated heterocycles. The topological polar surface area (TPSA) is 70.3 Å². The largest absolute Gasteiger partial charge is 0.486 e. The number of rotatable bonds is 4. The Balaban J connectivity index is 2.32. The van der Waals surface area contributed by atoms with E-state index in [0.717, 1.165) is 0 Å². The summed E-state index contributed by atoms with van der Waals surface area (Å²) in [5, 5.41) is 18.5. The molecule has 0 aliphatic carbocycles. The fourth-order valence-electron chi connectivity index (χ4n) is 1.77. The minimum atomic E-state index is -1.19.